The Kier molecular flexibility index (Phi) is 6.34. The van der Waals surface area contributed by atoms with E-state index in [4.69, 9.17) is 9.47 Å². The summed E-state index contributed by atoms with van der Waals surface area (Å²) < 4.78 is 11.1. The molecule has 3 rings (SSSR count). The Morgan fingerprint density at radius 2 is 1.96 bits per heavy atom. The number of nitrogens with one attached hydrogen (secondary N) is 1. The molecule has 0 atom stereocenters. The zero-order valence-electron chi connectivity index (χ0n) is 15.3. The van der Waals surface area contributed by atoms with E-state index < -0.39 is 0 Å². The van der Waals surface area contributed by atoms with E-state index in [0.717, 1.165) is 61.0 Å². The minimum Gasteiger partial charge on any atom is -0.465 e. The Morgan fingerprint density at radius 1 is 1.23 bits per heavy atom. The summed E-state index contributed by atoms with van der Waals surface area (Å²) in [6.07, 6.45) is 3.98. The number of hydrogen-bond donors (Lipinski definition) is 1. The monoisotopic (exact) mass is 375 g/mol. The largest absolute Gasteiger partial charge is 0.465 e. The van der Waals surface area contributed by atoms with Crippen molar-refractivity contribution in [2.45, 2.75) is 38.2 Å². The molecule has 1 aromatic heterocycles. The van der Waals surface area contributed by atoms with Gasteiger partial charge in [-0.1, -0.05) is 36.8 Å². The normalized spacial score (nSPS) is 16.4. The SMILES string of the molecule is CCCCOC1(c2nnc(-c3ccc(C(=O)OC)cc3)s2)CCNCC1. The van der Waals surface area contributed by atoms with Gasteiger partial charge in [-0.15, -0.1) is 10.2 Å². The number of rotatable bonds is 7. The number of hydrogen-bond acceptors (Lipinski definition) is 7. The van der Waals surface area contributed by atoms with Gasteiger partial charge in [0.1, 0.15) is 15.6 Å². The second-order valence-electron chi connectivity index (χ2n) is 6.43. The molecule has 0 bridgehead atoms. The van der Waals surface area contributed by atoms with Crippen molar-refractivity contribution in [1.29, 1.82) is 0 Å². The summed E-state index contributed by atoms with van der Waals surface area (Å²) in [6.45, 7) is 4.77. The maximum Gasteiger partial charge on any atom is 0.337 e. The van der Waals surface area contributed by atoms with Gasteiger partial charge in [0.25, 0.3) is 0 Å². The molecule has 1 N–H and O–H groups in total. The van der Waals surface area contributed by atoms with Crippen LogP contribution in [0.2, 0.25) is 0 Å². The van der Waals surface area contributed by atoms with Crippen LogP contribution in [0.25, 0.3) is 10.6 Å². The van der Waals surface area contributed by atoms with Gasteiger partial charge in [-0.25, -0.2) is 4.79 Å². The van der Waals surface area contributed by atoms with Crippen LogP contribution in [-0.2, 0) is 15.1 Å². The first kappa shape index (κ1) is 18.9. The van der Waals surface area contributed by atoms with Crippen LogP contribution in [0.15, 0.2) is 24.3 Å². The second kappa shape index (κ2) is 8.70. The minimum atomic E-state index is -0.340. The van der Waals surface area contributed by atoms with Crippen LogP contribution in [0.1, 0.15) is 48.0 Å². The fourth-order valence-corrected chi connectivity index (χ4v) is 4.10. The highest BCUT2D eigenvalue weighted by atomic mass is 32.1. The number of carbonyl (C=O) groups is 1. The van der Waals surface area contributed by atoms with Crippen LogP contribution in [0, 0.1) is 0 Å². The number of methoxy groups -OCH3 is 1. The summed E-state index contributed by atoms with van der Waals surface area (Å²) in [4.78, 5) is 11.6. The molecule has 1 aromatic carbocycles. The highest BCUT2D eigenvalue weighted by Crippen LogP contribution is 2.38. The molecule has 1 fully saturated rings. The van der Waals surface area contributed by atoms with Crippen molar-refractivity contribution in [1.82, 2.24) is 15.5 Å². The van der Waals surface area contributed by atoms with Gasteiger partial charge in [0.15, 0.2) is 0 Å². The summed E-state index contributed by atoms with van der Waals surface area (Å²) in [5.41, 5.74) is 1.14. The van der Waals surface area contributed by atoms with Crippen LogP contribution >= 0.6 is 11.3 Å². The van der Waals surface area contributed by atoms with Crippen LogP contribution in [-0.4, -0.2) is 43.0 Å². The van der Waals surface area contributed by atoms with E-state index in [1.807, 2.05) is 12.1 Å². The molecule has 0 unspecified atom stereocenters. The molecular formula is C19H25N3O3S. The molecule has 140 valence electrons. The van der Waals surface area contributed by atoms with Crippen molar-refractivity contribution in [3.05, 3.63) is 34.8 Å². The summed E-state index contributed by atoms with van der Waals surface area (Å²) >= 11 is 1.58. The van der Waals surface area contributed by atoms with Gasteiger partial charge >= 0.3 is 5.97 Å². The molecule has 7 heteroatoms. The third kappa shape index (κ3) is 4.11. The molecule has 6 nitrogen and oxygen atoms in total. The van der Waals surface area contributed by atoms with Crippen molar-refractivity contribution in [2.75, 3.05) is 26.8 Å². The number of nitrogens with zero attached hydrogens (tertiary/aromatic N) is 2. The lowest BCUT2D eigenvalue weighted by molar-refractivity contribution is -0.0728. The molecular weight excluding hydrogens is 350 g/mol. The average molecular weight is 375 g/mol. The molecule has 0 amide bonds. The standard InChI is InChI=1S/C19H25N3O3S/c1-3-4-13-25-19(9-11-20-12-10-19)18-22-21-16(26-18)14-5-7-15(8-6-14)17(23)24-2/h5-8,20H,3-4,9-13H2,1-2H3. The molecule has 1 aliphatic heterocycles. The Hall–Kier alpha value is -1.83. The van der Waals surface area contributed by atoms with Gasteiger partial charge in [-0.05, 0) is 44.5 Å². The van der Waals surface area contributed by atoms with E-state index in [1.54, 1.807) is 23.5 Å². The summed E-state index contributed by atoms with van der Waals surface area (Å²) in [7, 11) is 1.38. The lowest BCUT2D eigenvalue weighted by Crippen LogP contribution is -2.42. The molecule has 0 aliphatic carbocycles. The fourth-order valence-electron chi connectivity index (χ4n) is 3.05. The van der Waals surface area contributed by atoms with Gasteiger partial charge in [-0.3, -0.25) is 0 Å². The van der Waals surface area contributed by atoms with Crippen LogP contribution in [0.5, 0.6) is 0 Å². The van der Waals surface area contributed by atoms with E-state index in [9.17, 15) is 4.79 Å². The zero-order valence-corrected chi connectivity index (χ0v) is 16.1. The van der Waals surface area contributed by atoms with Gasteiger partial charge in [0.05, 0.1) is 12.7 Å². The number of benzene rings is 1. The van der Waals surface area contributed by atoms with Gasteiger partial charge in [-0.2, -0.15) is 0 Å². The molecule has 2 aromatic rings. The first-order valence-electron chi connectivity index (χ1n) is 9.06. The first-order valence-corrected chi connectivity index (χ1v) is 9.87. The van der Waals surface area contributed by atoms with Gasteiger partial charge in [0, 0.05) is 12.2 Å². The predicted octanol–water partition coefficient (Wildman–Crippen LogP) is 3.39. The second-order valence-corrected chi connectivity index (χ2v) is 7.41. The molecule has 0 spiro atoms. The maximum atomic E-state index is 11.6. The first-order chi connectivity index (χ1) is 12.7. The van der Waals surface area contributed by atoms with Gasteiger partial charge < -0.3 is 14.8 Å². The zero-order chi connectivity index (χ0) is 18.4. The van der Waals surface area contributed by atoms with Crippen molar-refractivity contribution in [3.8, 4) is 10.6 Å². The number of piperidine rings is 1. The van der Waals surface area contributed by atoms with E-state index in [1.165, 1.54) is 7.11 Å². The van der Waals surface area contributed by atoms with Gasteiger partial charge in [0.2, 0.25) is 0 Å². The predicted molar refractivity (Wildman–Crippen MR) is 101 cm³/mol. The van der Waals surface area contributed by atoms with E-state index >= 15 is 0 Å². The number of unbranched alkanes of at least 4 members (excludes halogenated alkanes) is 1. The van der Waals surface area contributed by atoms with E-state index in [-0.39, 0.29) is 11.6 Å². The average Bonchev–Trinajstić information content (AvgIpc) is 3.19. The van der Waals surface area contributed by atoms with Crippen molar-refractivity contribution in [2.24, 2.45) is 0 Å². The molecule has 1 saturated heterocycles. The number of esters is 1. The Labute approximate surface area is 157 Å². The number of carbonyl (C=O) groups excluding carboxylic acids is 1. The van der Waals surface area contributed by atoms with Crippen molar-refractivity contribution >= 4 is 17.3 Å². The highest BCUT2D eigenvalue weighted by Gasteiger charge is 2.38. The lowest BCUT2D eigenvalue weighted by Gasteiger charge is -2.35. The molecule has 0 saturated carbocycles. The minimum absolute atomic E-state index is 0.331. The quantitative estimate of drug-likeness (QED) is 0.591. The Bertz CT molecular complexity index is 724. The van der Waals surface area contributed by atoms with Crippen LogP contribution in [0.3, 0.4) is 0 Å². The lowest BCUT2D eigenvalue weighted by atomic mass is 9.93. The maximum absolute atomic E-state index is 11.6. The van der Waals surface area contributed by atoms with E-state index in [0.29, 0.717) is 5.56 Å². The third-order valence-corrected chi connectivity index (χ3v) is 5.81. The third-order valence-electron chi connectivity index (χ3n) is 4.66. The van der Waals surface area contributed by atoms with Crippen LogP contribution < -0.4 is 5.32 Å². The molecule has 1 aliphatic rings. The Morgan fingerprint density at radius 3 is 2.62 bits per heavy atom. The Balaban J connectivity index is 1.81. The number of ether oxygens (including phenoxy) is 2. The van der Waals surface area contributed by atoms with Crippen molar-refractivity contribution < 1.29 is 14.3 Å². The van der Waals surface area contributed by atoms with Crippen LogP contribution in [0.4, 0.5) is 0 Å². The van der Waals surface area contributed by atoms with E-state index in [2.05, 4.69) is 22.4 Å². The fraction of sp³-hybridized carbons (Fsp3) is 0.526. The molecule has 2 heterocycles. The summed E-state index contributed by atoms with van der Waals surface area (Å²) in [6, 6.07) is 7.26. The summed E-state index contributed by atoms with van der Waals surface area (Å²) in [5, 5.41) is 14.0. The number of aromatic nitrogens is 2. The smallest absolute Gasteiger partial charge is 0.337 e. The molecule has 0 radical (unpaired) electrons. The van der Waals surface area contributed by atoms with Crippen molar-refractivity contribution in [3.63, 3.8) is 0 Å². The highest BCUT2D eigenvalue weighted by molar-refractivity contribution is 7.14. The topological polar surface area (TPSA) is 73.3 Å². The summed E-state index contributed by atoms with van der Waals surface area (Å²) in [5.74, 6) is -0.340. The molecule has 26 heavy (non-hydrogen) atoms.